The number of para-hydroxylation sites is 1. The van der Waals surface area contributed by atoms with Gasteiger partial charge in [0.15, 0.2) is 4.80 Å². The zero-order valence-electron chi connectivity index (χ0n) is 18.7. The molecule has 1 saturated heterocycles. The number of amides is 1. The second kappa shape index (κ2) is 9.99. The standard InChI is InChI=1S/C23H24ClN3O5S2/c1-15-5-4-12-26(13-15)34(30,31)17-10-8-16(9-11-17)22(29)25-23-27(14-20(28)32-2)21-18(24)6-3-7-19(21)33-23/h3,6-11,15H,4-5,12-14H2,1-2H3. The van der Waals surface area contributed by atoms with Crippen LogP contribution in [-0.2, 0) is 26.1 Å². The number of thiazole rings is 1. The van der Waals surface area contributed by atoms with Crippen LogP contribution in [0.3, 0.4) is 0 Å². The number of rotatable bonds is 5. The van der Waals surface area contributed by atoms with Crippen molar-refractivity contribution in [2.45, 2.75) is 31.2 Å². The van der Waals surface area contributed by atoms with Gasteiger partial charge in [-0.2, -0.15) is 9.30 Å². The van der Waals surface area contributed by atoms with Gasteiger partial charge in [0.05, 0.1) is 27.2 Å². The summed E-state index contributed by atoms with van der Waals surface area (Å²) in [4.78, 5) is 29.5. The van der Waals surface area contributed by atoms with E-state index in [0.29, 0.717) is 29.5 Å². The van der Waals surface area contributed by atoms with Gasteiger partial charge in [0.25, 0.3) is 5.91 Å². The van der Waals surface area contributed by atoms with E-state index in [1.54, 1.807) is 16.7 Å². The number of carbonyl (C=O) groups is 2. The Morgan fingerprint density at radius 3 is 2.62 bits per heavy atom. The molecule has 2 heterocycles. The van der Waals surface area contributed by atoms with Gasteiger partial charge in [-0.1, -0.05) is 35.9 Å². The van der Waals surface area contributed by atoms with E-state index in [-0.39, 0.29) is 21.8 Å². The van der Waals surface area contributed by atoms with Crippen LogP contribution in [0.2, 0.25) is 5.02 Å². The van der Waals surface area contributed by atoms with Crippen LogP contribution in [0.1, 0.15) is 30.1 Å². The van der Waals surface area contributed by atoms with Gasteiger partial charge in [-0.05, 0) is 55.2 Å². The first-order valence-electron chi connectivity index (χ1n) is 10.7. The number of benzene rings is 2. The van der Waals surface area contributed by atoms with Crippen LogP contribution in [0.15, 0.2) is 52.4 Å². The fourth-order valence-electron chi connectivity index (χ4n) is 3.95. The van der Waals surface area contributed by atoms with Crippen molar-refractivity contribution in [3.63, 3.8) is 0 Å². The predicted octanol–water partition coefficient (Wildman–Crippen LogP) is 3.69. The summed E-state index contributed by atoms with van der Waals surface area (Å²) >= 11 is 7.56. The van der Waals surface area contributed by atoms with Gasteiger partial charge >= 0.3 is 5.97 Å². The second-order valence-electron chi connectivity index (χ2n) is 8.19. The van der Waals surface area contributed by atoms with Crippen molar-refractivity contribution in [3.05, 3.63) is 57.9 Å². The first-order chi connectivity index (χ1) is 16.2. The number of methoxy groups -OCH3 is 1. The van der Waals surface area contributed by atoms with Crippen molar-refractivity contribution in [1.29, 1.82) is 0 Å². The van der Waals surface area contributed by atoms with Crippen LogP contribution >= 0.6 is 22.9 Å². The molecule has 0 N–H and O–H groups in total. The highest BCUT2D eigenvalue weighted by atomic mass is 35.5. The average molecular weight is 522 g/mol. The van der Waals surface area contributed by atoms with Gasteiger partial charge in [-0.25, -0.2) is 8.42 Å². The molecule has 1 amide bonds. The minimum atomic E-state index is -3.62. The number of piperidine rings is 1. The molecular weight excluding hydrogens is 498 g/mol. The summed E-state index contributed by atoms with van der Waals surface area (Å²) in [7, 11) is -2.34. The summed E-state index contributed by atoms with van der Waals surface area (Å²) in [5.74, 6) is -0.748. The summed E-state index contributed by atoms with van der Waals surface area (Å²) in [6.07, 6.45) is 1.85. The Morgan fingerprint density at radius 2 is 1.94 bits per heavy atom. The summed E-state index contributed by atoms with van der Waals surface area (Å²) in [5, 5.41) is 0.424. The number of ether oxygens (including phenoxy) is 1. The number of hydrogen-bond acceptors (Lipinski definition) is 6. The van der Waals surface area contributed by atoms with Crippen molar-refractivity contribution in [2.75, 3.05) is 20.2 Å². The number of aromatic nitrogens is 1. The Hall–Kier alpha value is -2.53. The topological polar surface area (TPSA) is 98.0 Å². The normalized spacial score (nSPS) is 17.7. The summed E-state index contributed by atoms with van der Waals surface area (Å²) in [6, 6.07) is 11.1. The maximum atomic E-state index is 13.0. The van der Waals surface area contributed by atoms with Gasteiger partial charge in [0.1, 0.15) is 6.54 Å². The Morgan fingerprint density at radius 1 is 1.21 bits per heavy atom. The Labute approximate surface area is 206 Å². The Kier molecular flexibility index (Phi) is 7.22. The smallest absolute Gasteiger partial charge is 0.325 e. The molecule has 1 fully saturated rings. The highest BCUT2D eigenvalue weighted by Gasteiger charge is 2.28. The first-order valence-corrected chi connectivity index (χ1v) is 13.4. The Balaban J connectivity index is 1.66. The third kappa shape index (κ3) is 4.95. The van der Waals surface area contributed by atoms with Gasteiger partial charge in [-0.15, -0.1) is 0 Å². The van der Waals surface area contributed by atoms with Crippen molar-refractivity contribution < 1.29 is 22.7 Å². The van der Waals surface area contributed by atoms with Crippen molar-refractivity contribution in [2.24, 2.45) is 10.9 Å². The largest absolute Gasteiger partial charge is 0.468 e. The van der Waals surface area contributed by atoms with Gasteiger partial charge in [0, 0.05) is 18.7 Å². The molecule has 1 aliphatic rings. The number of halogens is 1. The van der Waals surface area contributed by atoms with E-state index in [1.807, 2.05) is 13.0 Å². The molecule has 180 valence electrons. The average Bonchev–Trinajstić information content (AvgIpc) is 3.16. The lowest BCUT2D eigenvalue weighted by atomic mass is 10.0. The molecule has 1 aromatic heterocycles. The summed E-state index contributed by atoms with van der Waals surface area (Å²) in [6.45, 7) is 2.88. The minimum absolute atomic E-state index is 0.146. The van der Waals surface area contributed by atoms with E-state index in [4.69, 9.17) is 16.3 Å². The monoisotopic (exact) mass is 521 g/mol. The summed E-state index contributed by atoms with van der Waals surface area (Å²) < 4.78 is 34.5. The van der Waals surface area contributed by atoms with Gasteiger partial charge in [-0.3, -0.25) is 9.59 Å². The number of fused-ring (bicyclic) bond motifs is 1. The lowest BCUT2D eigenvalue weighted by molar-refractivity contribution is -0.141. The molecule has 1 aliphatic heterocycles. The molecule has 3 aromatic rings. The molecule has 4 rings (SSSR count). The van der Waals surface area contributed by atoms with Gasteiger partial charge in [0.2, 0.25) is 10.0 Å². The molecule has 1 unspecified atom stereocenters. The number of esters is 1. The van der Waals surface area contributed by atoms with E-state index in [1.165, 1.54) is 47.0 Å². The number of nitrogens with zero attached hydrogens (tertiary/aromatic N) is 3. The van der Waals surface area contributed by atoms with Crippen molar-refractivity contribution in [3.8, 4) is 0 Å². The quantitative estimate of drug-likeness (QED) is 0.477. The fourth-order valence-corrected chi connectivity index (χ4v) is 6.93. The van der Waals surface area contributed by atoms with E-state index in [2.05, 4.69) is 4.99 Å². The maximum Gasteiger partial charge on any atom is 0.325 e. The molecule has 0 aliphatic carbocycles. The van der Waals surface area contributed by atoms with Crippen LogP contribution in [0.4, 0.5) is 0 Å². The molecule has 8 nitrogen and oxygen atoms in total. The highest BCUT2D eigenvalue weighted by Crippen LogP contribution is 2.26. The molecule has 0 saturated carbocycles. The summed E-state index contributed by atoms with van der Waals surface area (Å²) in [5.41, 5.74) is 0.822. The first kappa shape index (κ1) is 24.6. The molecule has 0 spiro atoms. The lowest BCUT2D eigenvalue weighted by Gasteiger charge is -2.30. The molecule has 0 bridgehead atoms. The SMILES string of the molecule is COC(=O)Cn1c(=NC(=O)c2ccc(S(=O)(=O)N3CCCC(C)C3)cc2)sc2cccc(Cl)c21. The van der Waals surface area contributed by atoms with Crippen molar-refractivity contribution >= 4 is 55.1 Å². The van der Waals surface area contributed by atoms with E-state index >= 15 is 0 Å². The minimum Gasteiger partial charge on any atom is -0.468 e. The zero-order valence-corrected chi connectivity index (χ0v) is 21.1. The van der Waals surface area contributed by atoms with Crippen LogP contribution < -0.4 is 4.80 Å². The van der Waals surface area contributed by atoms with E-state index in [9.17, 15) is 18.0 Å². The van der Waals surface area contributed by atoms with Crippen LogP contribution in [0.25, 0.3) is 10.2 Å². The number of hydrogen-bond donors (Lipinski definition) is 0. The van der Waals surface area contributed by atoms with Crippen molar-refractivity contribution in [1.82, 2.24) is 8.87 Å². The van der Waals surface area contributed by atoms with Gasteiger partial charge < -0.3 is 9.30 Å². The number of carbonyl (C=O) groups excluding carboxylic acids is 2. The highest BCUT2D eigenvalue weighted by molar-refractivity contribution is 7.89. The van der Waals surface area contributed by atoms with E-state index < -0.39 is 21.9 Å². The third-order valence-electron chi connectivity index (χ3n) is 5.72. The van der Waals surface area contributed by atoms with E-state index in [0.717, 1.165) is 17.5 Å². The maximum absolute atomic E-state index is 13.0. The molecule has 1 atom stereocenters. The zero-order chi connectivity index (χ0) is 24.5. The molecule has 11 heteroatoms. The molecular formula is C23H24ClN3O5S2. The second-order valence-corrected chi connectivity index (χ2v) is 11.5. The third-order valence-corrected chi connectivity index (χ3v) is 8.95. The molecule has 0 radical (unpaired) electrons. The predicted molar refractivity (Wildman–Crippen MR) is 130 cm³/mol. The number of sulfonamides is 1. The van der Waals surface area contributed by atoms with Crippen LogP contribution in [0, 0.1) is 5.92 Å². The molecule has 2 aromatic carbocycles. The lowest BCUT2D eigenvalue weighted by Crippen LogP contribution is -2.39. The van der Waals surface area contributed by atoms with Crippen LogP contribution in [0.5, 0.6) is 0 Å². The van der Waals surface area contributed by atoms with Crippen LogP contribution in [-0.4, -0.2) is 49.4 Å². The fraction of sp³-hybridized carbons (Fsp3) is 0.348. The Bertz CT molecular complexity index is 1410. The molecule has 34 heavy (non-hydrogen) atoms.